The fourth-order valence-corrected chi connectivity index (χ4v) is 1.35. The van der Waals surface area contributed by atoms with Crippen molar-refractivity contribution in [3.63, 3.8) is 0 Å². The Morgan fingerprint density at radius 1 is 1.50 bits per heavy atom. The minimum Gasteiger partial charge on any atom is -0.481 e. The second-order valence-corrected chi connectivity index (χ2v) is 4.23. The predicted octanol–water partition coefficient (Wildman–Crippen LogP) is 1.08. The van der Waals surface area contributed by atoms with E-state index in [4.69, 9.17) is 16.7 Å². The number of hydrogen-bond donors (Lipinski definition) is 2. The topological polar surface area (TPSA) is 82.5 Å². The molecule has 98 valence electrons. The molecule has 0 unspecified atom stereocenters. The van der Waals surface area contributed by atoms with Gasteiger partial charge in [0, 0.05) is 12.7 Å². The number of carbonyl (C=O) groups excluding carboxylic acids is 1. The van der Waals surface area contributed by atoms with E-state index in [9.17, 15) is 9.59 Å². The molecule has 0 atom stereocenters. The van der Waals surface area contributed by atoms with Crippen LogP contribution < -0.4 is 5.32 Å². The number of carboxylic acid groups (broad SMARTS) is 1. The van der Waals surface area contributed by atoms with Gasteiger partial charge >= 0.3 is 5.97 Å². The number of aromatic nitrogens is 1. The van der Waals surface area contributed by atoms with Gasteiger partial charge in [-0.15, -0.1) is 0 Å². The highest BCUT2D eigenvalue weighted by Crippen LogP contribution is 2.09. The molecule has 0 bridgehead atoms. The number of hydrogen-bond acceptors (Lipinski definition) is 4. The van der Waals surface area contributed by atoms with Crippen molar-refractivity contribution in [2.75, 3.05) is 25.5 Å². The number of halogens is 1. The van der Waals surface area contributed by atoms with Gasteiger partial charge in [0.15, 0.2) is 0 Å². The van der Waals surface area contributed by atoms with E-state index < -0.39 is 5.97 Å². The highest BCUT2D eigenvalue weighted by molar-refractivity contribution is 6.30. The van der Waals surface area contributed by atoms with Gasteiger partial charge in [0.25, 0.3) is 0 Å². The van der Waals surface area contributed by atoms with Crippen LogP contribution in [-0.2, 0) is 9.59 Å². The summed E-state index contributed by atoms with van der Waals surface area (Å²) < 4.78 is 0. The number of nitrogens with one attached hydrogen (secondary N) is 1. The molecular formula is C11H14ClN3O3. The lowest BCUT2D eigenvalue weighted by molar-refractivity contribution is -0.137. The molecule has 1 rings (SSSR count). The van der Waals surface area contributed by atoms with Crippen molar-refractivity contribution in [1.82, 2.24) is 9.88 Å². The number of anilines is 1. The molecule has 1 aromatic heterocycles. The summed E-state index contributed by atoms with van der Waals surface area (Å²) in [6.45, 7) is 0.425. The highest BCUT2D eigenvalue weighted by atomic mass is 35.5. The maximum atomic E-state index is 11.6. The van der Waals surface area contributed by atoms with E-state index in [0.29, 0.717) is 17.4 Å². The van der Waals surface area contributed by atoms with Crippen molar-refractivity contribution in [2.24, 2.45) is 0 Å². The van der Waals surface area contributed by atoms with E-state index in [2.05, 4.69) is 10.3 Å². The summed E-state index contributed by atoms with van der Waals surface area (Å²) >= 11 is 5.66. The second-order valence-electron chi connectivity index (χ2n) is 3.79. The number of carboxylic acids is 1. The molecule has 1 amide bonds. The Balaban J connectivity index is 2.37. The maximum absolute atomic E-state index is 11.6. The smallest absolute Gasteiger partial charge is 0.304 e. The summed E-state index contributed by atoms with van der Waals surface area (Å²) in [5.41, 5.74) is 0. The largest absolute Gasteiger partial charge is 0.481 e. The number of pyridine rings is 1. The first-order valence-corrected chi connectivity index (χ1v) is 5.67. The number of nitrogens with zero attached hydrogens (tertiary/aromatic N) is 2. The van der Waals surface area contributed by atoms with Crippen LogP contribution in [-0.4, -0.2) is 47.0 Å². The summed E-state index contributed by atoms with van der Waals surface area (Å²) in [5.74, 6) is -0.727. The van der Waals surface area contributed by atoms with E-state index in [0.717, 1.165) is 0 Å². The third kappa shape index (κ3) is 5.60. The van der Waals surface area contributed by atoms with E-state index in [1.165, 1.54) is 6.20 Å². The second kappa shape index (κ2) is 6.93. The van der Waals surface area contributed by atoms with E-state index in [1.54, 1.807) is 24.1 Å². The summed E-state index contributed by atoms with van der Waals surface area (Å²) in [6.07, 6.45) is 1.44. The van der Waals surface area contributed by atoms with E-state index >= 15 is 0 Å². The van der Waals surface area contributed by atoms with Gasteiger partial charge in [-0.2, -0.15) is 0 Å². The molecule has 0 aliphatic carbocycles. The first kappa shape index (κ1) is 14.4. The molecule has 0 fully saturated rings. The van der Waals surface area contributed by atoms with Crippen LogP contribution >= 0.6 is 11.6 Å². The summed E-state index contributed by atoms with van der Waals surface area (Å²) in [7, 11) is 1.68. The van der Waals surface area contributed by atoms with Gasteiger partial charge in [-0.3, -0.25) is 14.5 Å². The molecule has 1 heterocycles. The predicted molar refractivity (Wildman–Crippen MR) is 67.6 cm³/mol. The standard InChI is InChI=1S/C11H14ClN3O3/c1-15(5-4-11(17)18)7-10(16)14-9-3-2-8(12)6-13-9/h2-3,6H,4-5,7H2,1H3,(H,17,18)(H,13,14,16). The Labute approximate surface area is 110 Å². The Hall–Kier alpha value is -1.66. The fourth-order valence-electron chi connectivity index (χ4n) is 1.24. The SMILES string of the molecule is CN(CCC(=O)O)CC(=O)Nc1ccc(Cl)cn1. The first-order valence-electron chi connectivity index (χ1n) is 5.29. The minimum atomic E-state index is -0.887. The lowest BCUT2D eigenvalue weighted by Gasteiger charge is -2.14. The van der Waals surface area contributed by atoms with Crippen molar-refractivity contribution in [2.45, 2.75) is 6.42 Å². The van der Waals surface area contributed by atoms with Gasteiger partial charge in [0.2, 0.25) is 5.91 Å². The summed E-state index contributed by atoms with van der Waals surface area (Å²) in [5, 5.41) is 11.6. The van der Waals surface area contributed by atoms with Crippen LogP contribution in [0.1, 0.15) is 6.42 Å². The average molecular weight is 272 g/mol. The van der Waals surface area contributed by atoms with Gasteiger partial charge in [0.05, 0.1) is 18.0 Å². The van der Waals surface area contributed by atoms with Gasteiger partial charge in [-0.25, -0.2) is 4.98 Å². The zero-order valence-corrected chi connectivity index (χ0v) is 10.6. The molecule has 0 aliphatic heterocycles. The van der Waals surface area contributed by atoms with Crippen LogP contribution in [0.5, 0.6) is 0 Å². The molecule has 2 N–H and O–H groups in total. The molecule has 18 heavy (non-hydrogen) atoms. The van der Waals surface area contributed by atoms with Gasteiger partial charge in [0.1, 0.15) is 5.82 Å². The number of amides is 1. The molecule has 0 aliphatic rings. The molecule has 7 heteroatoms. The van der Waals surface area contributed by atoms with Crippen LogP contribution in [0.25, 0.3) is 0 Å². The molecule has 0 saturated heterocycles. The van der Waals surface area contributed by atoms with Crippen LogP contribution in [0.2, 0.25) is 5.02 Å². The Morgan fingerprint density at radius 2 is 2.22 bits per heavy atom. The first-order chi connectivity index (χ1) is 8.47. The highest BCUT2D eigenvalue weighted by Gasteiger charge is 2.08. The Kier molecular flexibility index (Phi) is 5.54. The average Bonchev–Trinajstić information content (AvgIpc) is 2.29. The molecule has 0 radical (unpaired) electrons. The van der Waals surface area contributed by atoms with Crippen LogP contribution in [0, 0.1) is 0 Å². The normalized spacial score (nSPS) is 10.4. The van der Waals surface area contributed by atoms with Crippen molar-refractivity contribution < 1.29 is 14.7 Å². The van der Waals surface area contributed by atoms with Crippen LogP contribution in [0.3, 0.4) is 0 Å². The molecule has 6 nitrogen and oxygen atoms in total. The Bertz CT molecular complexity index is 422. The third-order valence-electron chi connectivity index (χ3n) is 2.12. The summed E-state index contributed by atoms with van der Waals surface area (Å²) in [4.78, 5) is 27.5. The number of aliphatic carboxylic acids is 1. The number of likely N-dealkylation sites (N-methyl/N-ethyl adjacent to an activating group) is 1. The van der Waals surface area contributed by atoms with Gasteiger partial charge in [-0.1, -0.05) is 11.6 Å². The van der Waals surface area contributed by atoms with Crippen molar-refractivity contribution >= 4 is 29.3 Å². The molecule has 0 aromatic carbocycles. The molecule has 0 spiro atoms. The van der Waals surface area contributed by atoms with Gasteiger partial charge in [-0.05, 0) is 19.2 Å². The fraction of sp³-hybridized carbons (Fsp3) is 0.364. The minimum absolute atomic E-state index is 0.00295. The Morgan fingerprint density at radius 3 is 2.78 bits per heavy atom. The van der Waals surface area contributed by atoms with Crippen molar-refractivity contribution in [1.29, 1.82) is 0 Å². The molecular weight excluding hydrogens is 258 g/mol. The number of rotatable bonds is 6. The number of carbonyl (C=O) groups is 2. The van der Waals surface area contributed by atoms with Crippen LogP contribution in [0.4, 0.5) is 5.82 Å². The molecule has 0 saturated carbocycles. The van der Waals surface area contributed by atoms with E-state index in [1.807, 2.05) is 0 Å². The summed E-state index contributed by atoms with van der Waals surface area (Å²) in [6, 6.07) is 3.22. The monoisotopic (exact) mass is 271 g/mol. The maximum Gasteiger partial charge on any atom is 0.304 e. The lowest BCUT2D eigenvalue weighted by atomic mass is 10.4. The van der Waals surface area contributed by atoms with Crippen molar-refractivity contribution in [3.05, 3.63) is 23.4 Å². The molecule has 1 aromatic rings. The zero-order valence-electron chi connectivity index (χ0n) is 9.89. The third-order valence-corrected chi connectivity index (χ3v) is 2.34. The van der Waals surface area contributed by atoms with Crippen LogP contribution in [0.15, 0.2) is 18.3 Å². The van der Waals surface area contributed by atoms with E-state index in [-0.39, 0.29) is 18.9 Å². The van der Waals surface area contributed by atoms with Gasteiger partial charge < -0.3 is 10.4 Å². The lowest BCUT2D eigenvalue weighted by Crippen LogP contribution is -2.31. The van der Waals surface area contributed by atoms with Crippen molar-refractivity contribution in [3.8, 4) is 0 Å². The quantitative estimate of drug-likeness (QED) is 0.809. The zero-order chi connectivity index (χ0) is 13.5.